The molecule has 2 bridgehead atoms. The average molecular weight is 555 g/mol. The quantitative estimate of drug-likeness (QED) is 0.339. The molecule has 4 N–H and O–H groups in total. The van der Waals surface area contributed by atoms with Crippen LogP contribution in [0.5, 0.6) is 5.75 Å². The summed E-state index contributed by atoms with van der Waals surface area (Å²) in [5, 5.41) is 11.8. The van der Waals surface area contributed by atoms with Gasteiger partial charge in [-0.2, -0.15) is 0 Å². The minimum absolute atomic E-state index is 0.158. The van der Waals surface area contributed by atoms with Crippen molar-refractivity contribution in [3.8, 4) is 5.75 Å². The van der Waals surface area contributed by atoms with Gasteiger partial charge in [0, 0.05) is 6.20 Å². The molecule has 214 valence electrons. The Labute approximate surface area is 241 Å². The van der Waals surface area contributed by atoms with Gasteiger partial charge in [0.2, 0.25) is 17.7 Å². The molecule has 3 aromatic rings. The molecule has 41 heavy (non-hydrogen) atoms. The third-order valence-electron chi connectivity index (χ3n) is 7.40. The molecule has 0 fully saturated rings. The zero-order valence-corrected chi connectivity index (χ0v) is 23.7. The van der Waals surface area contributed by atoms with Gasteiger partial charge < -0.3 is 26.0 Å². The number of hydrogen-bond acceptors (Lipinski definition) is 5. The lowest BCUT2D eigenvalue weighted by Crippen LogP contribution is -2.59. The van der Waals surface area contributed by atoms with Crippen LogP contribution in [0, 0.1) is 5.92 Å². The molecule has 3 aromatic carbocycles. The van der Waals surface area contributed by atoms with Crippen molar-refractivity contribution in [1.29, 1.82) is 0 Å². The van der Waals surface area contributed by atoms with E-state index in [0.717, 1.165) is 11.1 Å². The topological polar surface area (TPSA) is 109 Å². The average Bonchev–Trinajstić information content (AvgIpc) is 3.01. The first-order valence-corrected chi connectivity index (χ1v) is 14.0. The Bertz CT molecular complexity index is 1330. The SMILES string of the molecule is CCC(C)C1NC(=O)C(NC(=O)C(Cc2ccccc2)NC)C(c2ccccc2)Oc2ccc(cc2)/C=C\NC1=O. The second-order valence-corrected chi connectivity index (χ2v) is 10.2. The highest BCUT2D eigenvalue weighted by Gasteiger charge is 2.37. The summed E-state index contributed by atoms with van der Waals surface area (Å²) in [4.78, 5) is 41.0. The van der Waals surface area contributed by atoms with E-state index < -0.39 is 30.1 Å². The molecule has 0 radical (unpaired) electrons. The van der Waals surface area contributed by atoms with Crippen LogP contribution in [0.1, 0.15) is 43.1 Å². The summed E-state index contributed by atoms with van der Waals surface area (Å²) in [6, 6.07) is 23.7. The Morgan fingerprint density at radius 3 is 2.22 bits per heavy atom. The lowest BCUT2D eigenvalue weighted by molar-refractivity contribution is -0.135. The summed E-state index contributed by atoms with van der Waals surface area (Å²) in [7, 11) is 1.71. The number of ether oxygens (including phenoxy) is 1. The number of benzene rings is 3. The maximum Gasteiger partial charge on any atom is 0.247 e. The number of hydrogen-bond donors (Lipinski definition) is 4. The molecule has 0 saturated carbocycles. The summed E-state index contributed by atoms with van der Waals surface area (Å²) in [6.07, 6.45) is 3.57. The Kier molecular flexibility index (Phi) is 10.3. The van der Waals surface area contributed by atoms with E-state index in [9.17, 15) is 14.4 Å². The molecular formula is C33H38N4O4. The van der Waals surface area contributed by atoms with Crippen molar-refractivity contribution in [2.75, 3.05) is 7.05 Å². The molecule has 2 heterocycles. The number of amides is 3. The predicted octanol–water partition coefficient (Wildman–Crippen LogP) is 3.75. The first kappa shape index (κ1) is 29.6. The highest BCUT2D eigenvalue weighted by Crippen LogP contribution is 2.27. The molecule has 0 saturated heterocycles. The lowest BCUT2D eigenvalue weighted by atomic mass is 9.95. The third-order valence-corrected chi connectivity index (χ3v) is 7.40. The zero-order valence-electron chi connectivity index (χ0n) is 23.7. The molecule has 8 heteroatoms. The molecule has 2 aliphatic heterocycles. The third kappa shape index (κ3) is 7.83. The summed E-state index contributed by atoms with van der Waals surface area (Å²) in [5.74, 6) is -0.826. The van der Waals surface area contributed by atoms with Gasteiger partial charge in [-0.15, -0.1) is 0 Å². The molecule has 0 aromatic heterocycles. The standard InChI is InChI=1S/C33H38N4O4/c1-4-22(2)28-32(39)35-20-19-23-15-17-26(18-16-23)41-30(25-13-9-6-10-14-25)29(33(40)36-28)37-31(38)27(34-3)21-24-11-7-5-8-12-24/h5-20,22,27-30,34H,4,21H2,1-3H3,(H,35,39)(H,36,40)(H,37,38)/b20-19-. The largest absolute Gasteiger partial charge is 0.483 e. The Morgan fingerprint density at radius 2 is 1.59 bits per heavy atom. The van der Waals surface area contributed by atoms with Crippen LogP contribution < -0.4 is 26.0 Å². The second-order valence-electron chi connectivity index (χ2n) is 10.2. The molecule has 0 aliphatic carbocycles. The van der Waals surface area contributed by atoms with Crippen LogP contribution in [0.2, 0.25) is 0 Å². The molecule has 0 spiro atoms. The van der Waals surface area contributed by atoms with Gasteiger partial charge in [0.05, 0.1) is 6.04 Å². The predicted molar refractivity (Wildman–Crippen MR) is 160 cm³/mol. The summed E-state index contributed by atoms with van der Waals surface area (Å²) >= 11 is 0. The minimum atomic E-state index is -1.14. The van der Waals surface area contributed by atoms with Crippen molar-refractivity contribution in [2.24, 2.45) is 5.92 Å². The van der Waals surface area contributed by atoms with Crippen LogP contribution in [0.4, 0.5) is 0 Å². The van der Waals surface area contributed by atoms with E-state index >= 15 is 0 Å². The zero-order chi connectivity index (χ0) is 29.2. The van der Waals surface area contributed by atoms with E-state index in [4.69, 9.17) is 4.74 Å². The molecular weight excluding hydrogens is 516 g/mol. The fourth-order valence-electron chi connectivity index (χ4n) is 4.74. The van der Waals surface area contributed by atoms with E-state index in [0.29, 0.717) is 24.2 Å². The number of likely N-dealkylation sites (N-methyl/N-ethyl adjacent to an activating group) is 1. The van der Waals surface area contributed by atoms with Crippen LogP contribution >= 0.6 is 0 Å². The molecule has 5 rings (SSSR count). The van der Waals surface area contributed by atoms with Crippen molar-refractivity contribution >= 4 is 23.8 Å². The van der Waals surface area contributed by atoms with Gasteiger partial charge in [-0.3, -0.25) is 14.4 Å². The molecule has 5 atom stereocenters. The van der Waals surface area contributed by atoms with Crippen molar-refractivity contribution in [2.45, 2.75) is 50.9 Å². The van der Waals surface area contributed by atoms with E-state index in [1.54, 1.807) is 31.5 Å². The fraction of sp³-hybridized carbons (Fsp3) is 0.303. The molecule has 3 amide bonds. The number of carbonyl (C=O) groups excluding carboxylic acids is 3. The monoisotopic (exact) mass is 554 g/mol. The van der Waals surface area contributed by atoms with Crippen LogP contribution in [0.15, 0.2) is 91.1 Å². The van der Waals surface area contributed by atoms with Gasteiger partial charge in [-0.05, 0) is 54.3 Å². The van der Waals surface area contributed by atoms with E-state index in [1.807, 2.05) is 86.6 Å². The summed E-state index contributed by atoms with van der Waals surface area (Å²) in [5.41, 5.74) is 2.56. The summed E-state index contributed by atoms with van der Waals surface area (Å²) in [6.45, 7) is 3.87. The maximum absolute atomic E-state index is 14.1. The Hall–Kier alpha value is -4.43. The lowest BCUT2D eigenvalue weighted by Gasteiger charge is -2.32. The van der Waals surface area contributed by atoms with Crippen LogP contribution in [0.25, 0.3) is 6.08 Å². The first-order valence-electron chi connectivity index (χ1n) is 14.0. The Balaban J connectivity index is 1.75. The first-order chi connectivity index (χ1) is 19.9. The highest BCUT2D eigenvalue weighted by atomic mass is 16.5. The van der Waals surface area contributed by atoms with Crippen LogP contribution in [-0.2, 0) is 20.8 Å². The smallest absolute Gasteiger partial charge is 0.247 e. The van der Waals surface area contributed by atoms with E-state index in [1.165, 1.54) is 0 Å². The van der Waals surface area contributed by atoms with E-state index in [2.05, 4.69) is 21.3 Å². The van der Waals surface area contributed by atoms with Crippen molar-refractivity contribution in [3.63, 3.8) is 0 Å². The van der Waals surface area contributed by atoms with Crippen LogP contribution in [0.3, 0.4) is 0 Å². The number of carbonyl (C=O) groups is 3. The van der Waals surface area contributed by atoms with Gasteiger partial charge in [0.15, 0.2) is 6.10 Å². The maximum atomic E-state index is 14.1. The van der Waals surface area contributed by atoms with Gasteiger partial charge in [-0.1, -0.05) is 93.1 Å². The van der Waals surface area contributed by atoms with E-state index in [-0.39, 0.29) is 17.7 Å². The van der Waals surface area contributed by atoms with Crippen LogP contribution in [-0.4, -0.2) is 42.9 Å². The van der Waals surface area contributed by atoms with Gasteiger partial charge in [0.25, 0.3) is 0 Å². The molecule has 2 aliphatic rings. The number of rotatable bonds is 8. The normalized spacial score (nSPS) is 21.4. The number of fused-ring (bicyclic) bond motifs is 10. The summed E-state index contributed by atoms with van der Waals surface area (Å²) < 4.78 is 6.44. The highest BCUT2D eigenvalue weighted by molar-refractivity contribution is 5.94. The number of nitrogens with one attached hydrogen (secondary N) is 4. The van der Waals surface area contributed by atoms with Gasteiger partial charge in [-0.25, -0.2) is 0 Å². The minimum Gasteiger partial charge on any atom is -0.483 e. The molecule has 5 unspecified atom stereocenters. The Morgan fingerprint density at radius 1 is 0.927 bits per heavy atom. The van der Waals surface area contributed by atoms with Gasteiger partial charge in [0.1, 0.15) is 17.8 Å². The second kappa shape index (κ2) is 14.3. The van der Waals surface area contributed by atoms with Gasteiger partial charge >= 0.3 is 0 Å². The van der Waals surface area contributed by atoms with Crippen molar-refractivity contribution in [3.05, 3.63) is 108 Å². The fourth-order valence-corrected chi connectivity index (χ4v) is 4.74. The van der Waals surface area contributed by atoms with Crippen molar-refractivity contribution in [1.82, 2.24) is 21.3 Å². The van der Waals surface area contributed by atoms with Crippen molar-refractivity contribution < 1.29 is 19.1 Å². The molecule has 8 nitrogen and oxygen atoms in total.